The Labute approximate surface area is 167 Å². The van der Waals surface area contributed by atoms with E-state index in [1.54, 1.807) is 12.1 Å². The van der Waals surface area contributed by atoms with Crippen LogP contribution >= 0.6 is 0 Å². The molecule has 5 nitrogen and oxygen atoms in total. The van der Waals surface area contributed by atoms with Crippen LogP contribution in [-0.4, -0.2) is 24.6 Å². The molecule has 0 saturated heterocycles. The molecular weight excluding hydrogens is 354 g/mol. The monoisotopic (exact) mass is 383 g/mol. The standard InChI is InChI=1S/C23H29NO4/c1-18(2)28-21-15-13-20(14-16-21)24-22(25)11-6-12-23(26)27-17-7-10-19-8-4-3-5-9-19/h3-5,8-9,13-16,18H,6-7,10-12,17H2,1-2H3,(H,24,25). The first-order chi connectivity index (χ1) is 13.5. The number of aryl methyl sites for hydroxylation is 1. The van der Waals surface area contributed by atoms with Crippen LogP contribution in [0.1, 0.15) is 45.1 Å². The number of carbonyl (C=O) groups excluding carboxylic acids is 2. The van der Waals surface area contributed by atoms with Gasteiger partial charge in [0.1, 0.15) is 5.75 Å². The van der Waals surface area contributed by atoms with E-state index in [2.05, 4.69) is 17.4 Å². The van der Waals surface area contributed by atoms with E-state index >= 15 is 0 Å². The number of nitrogens with one attached hydrogen (secondary N) is 1. The van der Waals surface area contributed by atoms with Crippen LogP contribution in [0.5, 0.6) is 5.75 Å². The zero-order valence-corrected chi connectivity index (χ0v) is 16.6. The summed E-state index contributed by atoms with van der Waals surface area (Å²) in [5.74, 6) is 0.397. The van der Waals surface area contributed by atoms with Gasteiger partial charge in [0.15, 0.2) is 0 Å². The minimum atomic E-state index is -0.254. The lowest BCUT2D eigenvalue weighted by Crippen LogP contribution is -2.13. The number of hydrogen-bond acceptors (Lipinski definition) is 4. The average molecular weight is 383 g/mol. The highest BCUT2D eigenvalue weighted by atomic mass is 16.5. The molecule has 1 amide bonds. The maximum atomic E-state index is 12.0. The third kappa shape index (κ3) is 8.71. The van der Waals surface area contributed by atoms with Crippen molar-refractivity contribution in [3.63, 3.8) is 0 Å². The maximum Gasteiger partial charge on any atom is 0.305 e. The van der Waals surface area contributed by atoms with E-state index in [1.165, 1.54) is 5.56 Å². The molecule has 0 aromatic heterocycles. The molecule has 0 fully saturated rings. The smallest absolute Gasteiger partial charge is 0.305 e. The van der Waals surface area contributed by atoms with Crippen molar-refractivity contribution < 1.29 is 19.1 Å². The molecule has 0 saturated carbocycles. The van der Waals surface area contributed by atoms with Crippen molar-refractivity contribution >= 4 is 17.6 Å². The van der Waals surface area contributed by atoms with Gasteiger partial charge in [-0.15, -0.1) is 0 Å². The fraction of sp³-hybridized carbons (Fsp3) is 0.391. The molecule has 0 atom stereocenters. The normalized spacial score (nSPS) is 10.5. The molecule has 0 heterocycles. The molecule has 1 N–H and O–H groups in total. The van der Waals surface area contributed by atoms with E-state index in [-0.39, 0.29) is 30.8 Å². The molecule has 0 aliphatic carbocycles. The fourth-order valence-electron chi connectivity index (χ4n) is 2.68. The molecule has 28 heavy (non-hydrogen) atoms. The molecule has 0 unspecified atom stereocenters. The number of anilines is 1. The lowest BCUT2D eigenvalue weighted by atomic mass is 10.1. The summed E-state index contributed by atoms with van der Waals surface area (Å²) in [7, 11) is 0. The van der Waals surface area contributed by atoms with Crippen LogP contribution in [-0.2, 0) is 20.7 Å². The molecule has 2 rings (SSSR count). The highest BCUT2D eigenvalue weighted by molar-refractivity contribution is 5.90. The number of amides is 1. The molecule has 0 aliphatic rings. The third-order valence-corrected chi connectivity index (χ3v) is 4.01. The topological polar surface area (TPSA) is 64.6 Å². The van der Waals surface area contributed by atoms with Gasteiger partial charge in [-0.3, -0.25) is 9.59 Å². The van der Waals surface area contributed by atoms with E-state index in [4.69, 9.17) is 9.47 Å². The first-order valence-electron chi connectivity index (χ1n) is 9.79. The van der Waals surface area contributed by atoms with Crippen LogP contribution in [0, 0.1) is 0 Å². The molecule has 0 radical (unpaired) electrons. The Morgan fingerprint density at radius 2 is 1.64 bits per heavy atom. The summed E-state index contributed by atoms with van der Waals surface area (Å²) >= 11 is 0. The van der Waals surface area contributed by atoms with Crippen molar-refractivity contribution in [2.75, 3.05) is 11.9 Å². The zero-order valence-electron chi connectivity index (χ0n) is 16.6. The molecule has 2 aromatic rings. The second-order valence-electron chi connectivity index (χ2n) is 6.90. The lowest BCUT2D eigenvalue weighted by Gasteiger charge is -2.10. The molecule has 5 heteroatoms. The number of ether oxygens (including phenoxy) is 2. The number of benzene rings is 2. The van der Waals surface area contributed by atoms with Crippen LogP contribution in [0.3, 0.4) is 0 Å². The van der Waals surface area contributed by atoms with Gasteiger partial charge in [-0.1, -0.05) is 30.3 Å². The number of carbonyl (C=O) groups is 2. The van der Waals surface area contributed by atoms with Crippen LogP contribution in [0.2, 0.25) is 0 Å². The van der Waals surface area contributed by atoms with Crippen molar-refractivity contribution in [3.8, 4) is 5.75 Å². The van der Waals surface area contributed by atoms with Gasteiger partial charge in [0.2, 0.25) is 5.91 Å². The van der Waals surface area contributed by atoms with E-state index in [0.717, 1.165) is 18.6 Å². The Bertz CT molecular complexity index is 726. The summed E-state index contributed by atoms with van der Waals surface area (Å²) < 4.78 is 10.8. The molecule has 2 aromatic carbocycles. The minimum absolute atomic E-state index is 0.110. The predicted octanol–water partition coefficient (Wildman–Crippen LogP) is 4.76. The van der Waals surface area contributed by atoms with Crippen LogP contribution < -0.4 is 10.1 Å². The summed E-state index contributed by atoms with van der Waals surface area (Å²) in [5, 5.41) is 2.82. The van der Waals surface area contributed by atoms with Crippen LogP contribution in [0.25, 0.3) is 0 Å². The van der Waals surface area contributed by atoms with Crippen LogP contribution in [0.4, 0.5) is 5.69 Å². The molecule has 0 bridgehead atoms. The van der Waals surface area contributed by atoms with Gasteiger partial charge in [-0.05, 0) is 62.9 Å². The Morgan fingerprint density at radius 3 is 2.32 bits per heavy atom. The number of rotatable bonds is 11. The zero-order chi connectivity index (χ0) is 20.2. The quantitative estimate of drug-likeness (QED) is 0.449. The summed E-state index contributed by atoms with van der Waals surface area (Å²) in [6.07, 6.45) is 2.80. The summed E-state index contributed by atoms with van der Waals surface area (Å²) in [4.78, 5) is 23.7. The van der Waals surface area contributed by atoms with Crippen molar-refractivity contribution in [1.82, 2.24) is 0 Å². The van der Waals surface area contributed by atoms with Crippen LogP contribution in [0.15, 0.2) is 54.6 Å². The molecule has 0 aliphatic heterocycles. The first-order valence-corrected chi connectivity index (χ1v) is 9.79. The van der Waals surface area contributed by atoms with E-state index < -0.39 is 0 Å². The second-order valence-corrected chi connectivity index (χ2v) is 6.90. The number of hydrogen-bond donors (Lipinski definition) is 1. The van der Waals surface area contributed by atoms with Crippen molar-refractivity contribution in [1.29, 1.82) is 0 Å². The van der Waals surface area contributed by atoms with Gasteiger partial charge >= 0.3 is 5.97 Å². The highest BCUT2D eigenvalue weighted by Gasteiger charge is 2.07. The van der Waals surface area contributed by atoms with Crippen molar-refractivity contribution in [2.24, 2.45) is 0 Å². The van der Waals surface area contributed by atoms with E-state index in [0.29, 0.717) is 18.7 Å². The van der Waals surface area contributed by atoms with Gasteiger partial charge in [0, 0.05) is 18.5 Å². The Morgan fingerprint density at radius 1 is 0.929 bits per heavy atom. The van der Waals surface area contributed by atoms with Gasteiger partial charge in [-0.25, -0.2) is 0 Å². The van der Waals surface area contributed by atoms with Gasteiger partial charge in [0.05, 0.1) is 12.7 Å². The molecule has 0 spiro atoms. The molecular formula is C23H29NO4. The van der Waals surface area contributed by atoms with Gasteiger partial charge < -0.3 is 14.8 Å². The highest BCUT2D eigenvalue weighted by Crippen LogP contribution is 2.17. The van der Waals surface area contributed by atoms with Gasteiger partial charge in [-0.2, -0.15) is 0 Å². The lowest BCUT2D eigenvalue weighted by molar-refractivity contribution is -0.143. The van der Waals surface area contributed by atoms with E-state index in [1.807, 2.05) is 44.2 Å². The maximum absolute atomic E-state index is 12.0. The fourth-order valence-corrected chi connectivity index (χ4v) is 2.68. The minimum Gasteiger partial charge on any atom is -0.491 e. The predicted molar refractivity (Wildman–Crippen MR) is 110 cm³/mol. The second kappa shape index (κ2) is 11.8. The summed E-state index contributed by atoms with van der Waals surface area (Å²) in [5.41, 5.74) is 1.95. The SMILES string of the molecule is CC(C)Oc1ccc(NC(=O)CCCC(=O)OCCCc2ccccc2)cc1. The van der Waals surface area contributed by atoms with Crippen molar-refractivity contribution in [2.45, 2.75) is 52.1 Å². The Kier molecular flexibility index (Phi) is 9.05. The summed E-state index contributed by atoms with van der Waals surface area (Å²) in [6.45, 7) is 4.33. The van der Waals surface area contributed by atoms with E-state index in [9.17, 15) is 9.59 Å². The average Bonchev–Trinajstić information content (AvgIpc) is 2.67. The Hall–Kier alpha value is -2.82. The third-order valence-electron chi connectivity index (χ3n) is 4.01. The van der Waals surface area contributed by atoms with Crippen molar-refractivity contribution in [3.05, 3.63) is 60.2 Å². The summed E-state index contributed by atoms with van der Waals surface area (Å²) in [6, 6.07) is 17.4. The first kappa shape index (κ1) is 21.5. The molecule has 150 valence electrons. The van der Waals surface area contributed by atoms with Gasteiger partial charge in [0.25, 0.3) is 0 Å². The Balaban J connectivity index is 1.56. The number of esters is 1. The largest absolute Gasteiger partial charge is 0.491 e.